The van der Waals surface area contributed by atoms with Gasteiger partial charge < -0.3 is 4.42 Å². The third-order valence-corrected chi connectivity index (χ3v) is 5.25. The van der Waals surface area contributed by atoms with Crippen LogP contribution >= 0.6 is 0 Å². The summed E-state index contributed by atoms with van der Waals surface area (Å²) >= 11 is 0. The SMILES string of the molecule is Cc1ccc(C2(C)[C]=c3cccc(-c4ccc5ccccc5c4)c3=C2)o1. The van der Waals surface area contributed by atoms with E-state index in [1.807, 2.05) is 13.0 Å². The van der Waals surface area contributed by atoms with Crippen molar-refractivity contribution in [3.8, 4) is 11.1 Å². The van der Waals surface area contributed by atoms with Gasteiger partial charge in [-0.1, -0.05) is 60.7 Å². The van der Waals surface area contributed by atoms with Crippen LogP contribution in [-0.2, 0) is 5.41 Å². The second-order valence-electron chi connectivity index (χ2n) is 7.21. The highest BCUT2D eigenvalue weighted by molar-refractivity contribution is 5.88. The molecule has 1 aliphatic rings. The Hall–Kier alpha value is -3.06. The van der Waals surface area contributed by atoms with Crippen LogP contribution in [0.4, 0.5) is 0 Å². The molecule has 0 amide bonds. The molecule has 1 atom stereocenters. The van der Waals surface area contributed by atoms with Crippen LogP contribution in [-0.4, -0.2) is 0 Å². The van der Waals surface area contributed by atoms with Gasteiger partial charge in [-0.3, -0.25) is 0 Å². The van der Waals surface area contributed by atoms with Crippen LogP contribution in [0.3, 0.4) is 0 Å². The summed E-state index contributed by atoms with van der Waals surface area (Å²) in [7, 11) is 0. The zero-order valence-electron chi connectivity index (χ0n) is 14.9. The van der Waals surface area contributed by atoms with Crippen LogP contribution in [0.5, 0.6) is 0 Å². The van der Waals surface area contributed by atoms with Crippen LogP contribution in [0.1, 0.15) is 18.4 Å². The van der Waals surface area contributed by atoms with Crippen molar-refractivity contribution in [3.63, 3.8) is 0 Å². The smallest absolute Gasteiger partial charge is 0.118 e. The normalized spacial score (nSPS) is 18.4. The largest absolute Gasteiger partial charge is 0.465 e. The van der Waals surface area contributed by atoms with Crippen LogP contribution < -0.4 is 10.4 Å². The molecule has 1 heterocycles. The molecule has 3 aromatic carbocycles. The zero-order valence-corrected chi connectivity index (χ0v) is 14.9. The standard InChI is InChI=1S/C25H19O/c1-17-10-13-24(26-17)25(2)15-21-8-5-9-22(23(21)16-25)20-12-11-18-6-3-4-7-19(18)14-20/h3-14,16H,1-2H3. The van der Waals surface area contributed by atoms with Crippen molar-refractivity contribution >= 4 is 22.9 Å². The molecule has 1 aromatic heterocycles. The van der Waals surface area contributed by atoms with Gasteiger partial charge in [-0.15, -0.1) is 0 Å². The van der Waals surface area contributed by atoms with E-state index in [-0.39, 0.29) is 5.41 Å². The number of fused-ring (bicyclic) bond motifs is 2. The Kier molecular flexibility index (Phi) is 3.20. The van der Waals surface area contributed by atoms with Gasteiger partial charge in [0.05, 0.1) is 5.41 Å². The summed E-state index contributed by atoms with van der Waals surface area (Å²) in [6.07, 6.45) is 5.92. The van der Waals surface area contributed by atoms with Gasteiger partial charge in [0.15, 0.2) is 0 Å². The van der Waals surface area contributed by atoms with Gasteiger partial charge in [0.2, 0.25) is 0 Å². The third kappa shape index (κ3) is 2.32. The molecular formula is C25H19O. The molecule has 125 valence electrons. The Bertz CT molecular complexity index is 1260. The monoisotopic (exact) mass is 335 g/mol. The van der Waals surface area contributed by atoms with Crippen molar-refractivity contribution in [2.45, 2.75) is 19.3 Å². The van der Waals surface area contributed by atoms with Gasteiger partial charge in [-0.05, 0) is 70.5 Å². The average Bonchev–Trinajstić information content (AvgIpc) is 3.24. The maximum Gasteiger partial charge on any atom is 0.118 e. The molecule has 0 saturated heterocycles. The molecule has 4 aromatic rings. The molecule has 0 saturated carbocycles. The Morgan fingerprint density at radius 2 is 1.69 bits per heavy atom. The maximum absolute atomic E-state index is 5.91. The third-order valence-electron chi connectivity index (χ3n) is 5.25. The molecule has 0 aliphatic heterocycles. The average molecular weight is 335 g/mol. The first-order valence-electron chi connectivity index (χ1n) is 8.96. The summed E-state index contributed by atoms with van der Waals surface area (Å²) in [4.78, 5) is 0. The van der Waals surface area contributed by atoms with Crippen molar-refractivity contribution in [1.29, 1.82) is 0 Å². The lowest BCUT2D eigenvalue weighted by atomic mass is 9.89. The minimum atomic E-state index is -0.330. The first-order valence-corrected chi connectivity index (χ1v) is 8.96. The van der Waals surface area contributed by atoms with E-state index in [4.69, 9.17) is 4.42 Å². The van der Waals surface area contributed by atoms with E-state index in [0.717, 1.165) is 16.7 Å². The van der Waals surface area contributed by atoms with Crippen LogP contribution in [0, 0.1) is 6.92 Å². The molecule has 0 spiro atoms. The Labute approximate surface area is 152 Å². The van der Waals surface area contributed by atoms with Crippen molar-refractivity contribution in [3.05, 3.63) is 94.8 Å². The van der Waals surface area contributed by atoms with Gasteiger partial charge in [-0.25, -0.2) is 0 Å². The Balaban J connectivity index is 1.72. The first kappa shape index (κ1) is 15.2. The molecule has 26 heavy (non-hydrogen) atoms. The highest BCUT2D eigenvalue weighted by atomic mass is 16.3. The van der Waals surface area contributed by atoms with E-state index in [1.54, 1.807) is 0 Å². The van der Waals surface area contributed by atoms with Crippen molar-refractivity contribution in [2.75, 3.05) is 0 Å². The van der Waals surface area contributed by atoms with Crippen molar-refractivity contribution in [2.24, 2.45) is 0 Å². The topological polar surface area (TPSA) is 13.1 Å². The summed E-state index contributed by atoms with van der Waals surface area (Å²) in [5, 5.41) is 4.91. The minimum Gasteiger partial charge on any atom is -0.465 e. The number of hydrogen-bond donors (Lipinski definition) is 0. The molecule has 0 fully saturated rings. The van der Waals surface area contributed by atoms with Gasteiger partial charge in [0.25, 0.3) is 0 Å². The fourth-order valence-electron chi connectivity index (χ4n) is 3.89. The van der Waals surface area contributed by atoms with E-state index < -0.39 is 0 Å². The predicted octanol–water partition coefficient (Wildman–Crippen LogP) is 4.82. The summed E-state index contributed by atoms with van der Waals surface area (Å²) in [5.74, 6) is 1.87. The van der Waals surface area contributed by atoms with E-state index in [9.17, 15) is 0 Å². The Morgan fingerprint density at radius 1 is 0.846 bits per heavy atom. The van der Waals surface area contributed by atoms with Crippen LogP contribution in [0.25, 0.3) is 34.1 Å². The highest BCUT2D eigenvalue weighted by Gasteiger charge is 2.29. The predicted molar refractivity (Wildman–Crippen MR) is 107 cm³/mol. The molecule has 0 bridgehead atoms. The van der Waals surface area contributed by atoms with Crippen molar-refractivity contribution < 1.29 is 4.42 Å². The summed E-state index contributed by atoms with van der Waals surface area (Å²) in [6.45, 7) is 4.14. The number of furan rings is 1. The van der Waals surface area contributed by atoms with Gasteiger partial charge >= 0.3 is 0 Å². The second-order valence-corrected chi connectivity index (χ2v) is 7.21. The summed E-state index contributed by atoms with van der Waals surface area (Å²) < 4.78 is 5.91. The van der Waals surface area contributed by atoms with Crippen LogP contribution in [0.15, 0.2) is 77.2 Å². The molecule has 1 aliphatic carbocycles. The quantitative estimate of drug-likeness (QED) is 0.512. The van der Waals surface area contributed by atoms with Crippen LogP contribution in [0.2, 0.25) is 0 Å². The molecule has 1 radical (unpaired) electrons. The summed E-state index contributed by atoms with van der Waals surface area (Å²) in [5.41, 5.74) is 2.15. The molecule has 1 unspecified atom stereocenters. The van der Waals surface area contributed by atoms with Gasteiger partial charge in [0, 0.05) is 0 Å². The van der Waals surface area contributed by atoms with E-state index in [0.29, 0.717) is 0 Å². The number of rotatable bonds is 2. The first-order chi connectivity index (χ1) is 12.6. The molecule has 1 nitrogen and oxygen atoms in total. The van der Waals surface area contributed by atoms with E-state index in [1.165, 1.54) is 27.1 Å². The number of aryl methyl sites for hydroxylation is 1. The lowest BCUT2D eigenvalue weighted by Crippen LogP contribution is -2.22. The van der Waals surface area contributed by atoms with E-state index in [2.05, 4.69) is 85.8 Å². The van der Waals surface area contributed by atoms with Crippen molar-refractivity contribution in [1.82, 2.24) is 0 Å². The minimum absolute atomic E-state index is 0.330. The molecule has 5 rings (SSSR count). The Morgan fingerprint density at radius 3 is 2.50 bits per heavy atom. The fourth-order valence-corrected chi connectivity index (χ4v) is 3.89. The van der Waals surface area contributed by atoms with Gasteiger partial charge in [-0.2, -0.15) is 0 Å². The molecule has 1 heteroatoms. The molecule has 0 N–H and O–H groups in total. The number of benzene rings is 3. The fraction of sp³-hybridized carbons (Fsp3) is 0.120. The lowest BCUT2D eigenvalue weighted by Gasteiger charge is -2.15. The number of hydrogen-bond acceptors (Lipinski definition) is 1. The maximum atomic E-state index is 5.91. The second kappa shape index (κ2) is 5.47. The highest BCUT2D eigenvalue weighted by Crippen LogP contribution is 2.31. The van der Waals surface area contributed by atoms with E-state index >= 15 is 0 Å². The van der Waals surface area contributed by atoms with Gasteiger partial charge in [0.1, 0.15) is 11.5 Å². The lowest BCUT2D eigenvalue weighted by molar-refractivity contribution is 0.458. The molecular weight excluding hydrogens is 316 g/mol. The summed E-state index contributed by atoms with van der Waals surface area (Å²) in [6, 6.07) is 25.7. The zero-order chi connectivity index (χ0) is 17.7.